The van der Waals surface area contributed by atoms with Crippen molar-refractivity contribution in [3.8, 4) is 0 Å². The second-order valence-corrected chi connectivity index (χ2v) is 1.71. The molecule has 12 heavy (non-hydrogen) atoms. The molecule has 0 spiro atoms. The van der Waals surface area contributed by atoms with E-state index in [1.54, 1.807) is 6.08 Å². The van der Waals surface area contributed by atoms with E-state index in [1.807, 2.05) is 0 Å². The summed E-state index contributed by atoms with van der Waals surface area (Å²) in [6, 6.07) is 0. The average molecular weight is 172 g/mol. The molecule has 0 heterocycles. The highest BCUT2D eigenvalue weighted by Gasteiger charge is 1.73. The van der Waals surface area contributed by atoms with Crippen LogP contribution in [0, 0.1) is 0 Å². The molecule has 0 amide bonds. The number of hydrogen-bond acceptors (Lipinski definition) is 2. The van der Waals surface area contributed by atoms with Crippen LogP contribution in [0.2, 0.25) is 0 Å². The summed E-state index contributed by atoms with van der Waals surface area (Å²) in [5.41, 5.74) is 0. The Morgan fingerprint density at radius 2 is 1.67 bits per heavy atom. The van der Waals surface area contributed by atoms with Gasteiger partial charge in [0.1, 0.15) is 0 Å². The van der Waals surface area contributed by atoms with E-state index in [2.05, 4.69) is 26.7 Å². The highest BCUT2D eigenvalue weighted by atomic mass is 16.2. The molecular weight excluding hydrogens is 152 g/mol. The van der Waals surface area contributed by atoms with Crippen molar-refractivity contribution in [2.24, 2.45) is 0 Å². The summed E-state index contributed by atoms with van der Waals surface area (Å²) < 4.78 is 0. The topological polar surface area (TPSA) is 40.5 Å². The van der Waals surface area contributed by atoms with Crippen molar-refractivity contribution in [2.45, 2.75) is 26.2 Å². The van der Waals surface area contributed by atoms with Crippen molar-refractivity contribution in [3.63, 3.8) is 0 Å². The molecule has 0 aliphatic carbocycles. The molecule has 0 atom stereocenters. The maximum absolute atomic E-state index is 8.11. The van der Waals surface area contributed by atoms with Crippen LogP contribution in [0.5, 0.6) is 0 Å². The minimum absolute atomic E-state index is 0.750. The van der Waals surface area contributed by atoms with Crippen molar-refractivity contribution < 1.29 is 10.2 Å². The lowest BCUT2D eigenvalue weighted by Gasteiger charge is -1.83. The monoisotopic (exact) mass is 172 g/mol. The van der Waals surface area contributed by atoms with Crippen molar-refractivity contribution in [2.75, 3.05) is 0 Å². The fraction of sp³-hybridized carbons (Fsp3) is 0.400. The molecule has 0 aromatic rings. The van der Waals surface area contributed by atoms with Crippen molar-refractivity contribution in [1.82, 2.24) is 0 Å². The molecule has 0 aliphatic heterocycles. The number of allylic oxidation sites excluding steroid dienone is 1. The third kappa shape index (κ3) is 67.8. The third-order valence-corrected chi connectivity index (χ3v) is 0.830. The highest BCUT2D eigenvalue weighted by Crippen LogP contribution is 1.92. The van der Waals surface area contributed by atoms with Crippen LogP contribution in [-0.4, -0.2) is 10.2 Å². The number of aliphatic hydroxyl groups is 2. The molecule has 0 saturated heterocycles. The zero-order chi connectivity index (χ0) is 10.2. The summed E-state index contributed by atoms with van der Waals surface area (Å²) >= 11 is 0. The summed E-state index contributed by atoms with van der Waals surface area (Å²) in [6.07, 6.45) is 7.01. The van der Waals surface area contributed by atoms with E-state index in [9.17, 15) is 0 Å². The van der Waals surface area contributed by atoms with Gasteiger partial charge < -0.3 is 10.2 Å². The van der Waals surface area contributed by atoms with Crippen LogP contribution in [0.15, 0.2) is 38.3 Å². The molecular formula is C10H20O2. The highest BCUT2D eigenvalue weighted by molar-refractivity contribution is 4.70. The van der Waals surface area contributed by atoms with Crippen LogP contribution in [0.3, 0.4) is 0 Å². The van der Waals surface area contributed by atoms with Gasteiger partial charge in [-0.15, -0.1) is 13.2 Å². The largest absolute Gasteiger partial charge is 0.516 e. The lowest BCUT2D eigenvalue weighted by molar-refractivity contribution is 0.470. The van der Waals surface area contributed by atoms with Gasteiger partial charge in [0, 0.05) is 0 Å². The first-order valence-corrected chi connectivity index (χ1v) is 3.87. The second kappa shape index (κ2) is 32.9. The van der Waals surface area contributed by atoms with Gasteiger partial charge in [0.25, 0.3) is 0 Å². The van der Waals surface area contributed by atoms with Gasteiger partial charge in [0.15, 0.2) is 0 Å². The van der Waals surface area contributed by atoms with E-state index in [-0.39, 0.29) is 0 Å². The molecule has 0 aliphatic rings. The first-order chi connectivity index (χ1) is 5.83. The van der Waals surface area contributed by atoms with Gasteiger partial charge >= 0.3 is 0 Å². The van der Waals surface area contributed by atoms with Crippen LogP contribution in [0.25, 0.3) is 0 Å². The fourth-order valence-corrected chi connectivity index (χ4v) is 0.397. The predicted octanol–water partition coefficient (Wildman–Crippen LogP) is 3.74. The number of rotatable bonds is 3. The molecule has 2 nitrogen and oxygen atoms in total. The van der Waals surface area contributed by atoms with Crippen LogP contribution in [0.4, 0.5) is 0 Å². The molecule has 72 valence electrons. The standard InChI is InChI=1S/C6H12O.C2H4O.C2H4/c1-2-3-4-5-6-7;1-2-3;1-2/h5-7H,2-4H2,1H3;2-3H,1H2;1-2H2. The van der Waals surface area contributed by atoms with Crippen LogP contribution < -0.4 is 0 Å². The summed E-state index contributed by atoms with van der Waals surface area (Å²) in [5.74, 6) is 0. The normalized spacial score (nSPS) is 7.42. The Bertz CT molecular complexity index is 87.8. The zero-order valence-corrected chi connectivity index (χ0v) is 7.87. The molecule has 0 fully saturated rings. The zero-order valence-electron chi connectivity index (χ0n) is 7.87. The van der Waals surface area contributed by atoms with Crippen molar-refractivity contribution >= 4 is 0 Å². The van der Waals surface area contributed by atoms with E-state index in [0.717, 1.165) is 18.9 Å². The van der Waals surface area contributed by atoms with E-state index < -0.39 is 0 Å². The molecule has 0 unspecified atom stereocenters. The number of hydrogen-bond donors (Lipinski definition) is 2. The SMILES string of the molecule is C=C.C=CO.CCCCC=CO. The van der Waals surface area contributed by atoms with Gasteiger partial charge in [0.05, 0.1) is 12.5 Å². The molecule has 0 saturated carbocycles. The maximum Gasteiger partial charge on any atom is 0.0751 e. The second-order valence-electron chi connectivity index (χ2n) is 1.71. The smallest absolute Gasteiger partial charge is 0.0751 e. The molecule has 2 heteroatoms. The van der Waals surface area contributed by atoms with E-state index in [4.69, 9.17) is 10.2 Å². The Morgan fingerprint density at radius 3 is 1.92 bits per heavy atom. The fourth-order valence-electron chi connectivity index (χ4n) is 0.397. The average Bonchev–Trinajstić information content (AvgIpc) is 2.11. The van der Waals surface area contributed by atoms with Crippen molar-refractivity contribution in [1.29, 1.82) is 0 Å². The minimum Gasteiger partial charge on any atom is -0.516 e. The van der Waals surface area contributed by atoms with Crippen LogP contribution in [-0.2, 0) is 0 Å². The van der Waals surface area contributed by atoms with Gasteiger partial charge in [-0.1, -0.05) is 26.0 Å². The third-order valence-electron chi connectivity index (χ3n) is 0.830. The van der Waals surface area contributed by atoms with Crippen LogP contribution >= 0.6 is 0 Å². The maximum atomic E-state index is 8.11. The minimum atomic E-state index is 0.750. The Labute approximate surface area is 75.6 Å². The van der Waals surface area contributed by atoms with Gasteiger partial charge in [-0.2, -0.15) is 0 Å². The number of unbranched alkanes of at least 4 members (excludes halogenated alkanes) is 2. The first kappa shape index (κ1) is 17.1. The number of aliphatic hydroxyl groups excluding tert-OH is 2. The van der Waals surface area contributed by atoms with E-state index >= 15 is 0 Å². The van der Waals surface area contributed by atoms with Gasteiger partial charge in [-0.05, 0) is 12.8 Å². The summed E-state index contributed by atoms with van der Waals surface area (Å²) in [4.78, 5) is 0. The Hall–Kier alpha value is -1.18. The van der Waals surface area contributed by atoms with Gasteiger partial charge in [-0.25, -0.2) is 0 Å². The summed E-state index contributed by atoms with van der Waals surface area (Å²) in [7, 11) is 0. The summed E-state index contributed by atoms with van der Waals surface area (Å²) in [6.45, 7) is 11.0. The van der Waals surface area contributed by atoms with Crippen molar-refractivity contribution in [3.05, 3.63) is 38.3 Å². The van der Waals surface area contributed by atoms with Crippen LogP contribution in [0.1, 0.15) is 26.2 Å². The molecule has 0 aromatic heterocycles. The van der Waals surface area contributed by atoms with E-state index in [1.165, 1.54) is 12.8 Å². The molecule has 0 rings (SSSR count). The Balaban J connectivity index is -0.000000137. The first-order valence-electron chi connectivity index (χ1n) is 3.87. The lowest BCUT2D eigenvalue weighted by Crippen LogP contribution is -1.64. The van der Waals surface area contributed by atoms with Gasteiger partial charge in [0.2, 0.25) is 0 Å². The summed E-state index contributed by atoms with van der Waals surface area (Å²) in [5, 5.41) is 15.4. The molecule has 0 bridgehead atoms. The predicted molar refractivity (Wildman–Crippen MR) is 55.4 cm³/mol. The van der Waals surface area contributed by atoms with E-state index in [0.29, 0.717) is 0 Å². The molecule has 2 N–H and O–H groups in total. The Kier molecular flexibility index (Phi) is 46.8. The van der Waals surface area contributed by atoms with Gasteiger partial charge in [-0.3, -0.25) is 0 Å². The quantitative estimate of drug-likeness (QED) is 0.387. The lowest BCUT2D eigenvalue weighted by atomic mass is 10.2. The molecule has 0 aromatic carbocycles. The Morgan fingerprint density at radius 1 is 1.25 bits per heavy atom. The molecule has 0 radical (unpaired) electrons.